The van der Waals surface area contributed by atoms with Crippen LogP contribution in [-0.2, 0) is 11.3 Å². The number of hydrogen-bond acceptors (Lipinski definition) is 4. The third kappa shape index (κ3) is 6.59. The number of rotatable bonds is 9. The minimum Gasteiger partial charge on any atom is -0.497 e. The van der Waals surface area contributed by atoms with Crippen LogP contribution in [0.15, 0.2) is 72.8 Å². The van der Waals surface area contributed by atoms with E-state index >= 15 is 0 Å². The molecule has 0 fully saturated rings. The minimum atomic E-state index is -0.375. The minimum absolute atomic E-state index is 0.158. The van der Waals surface area contributed by atoms with Crippen LogP contribution in [0.3, 0.4) is 0 Å². The number of carbonyl (C=O) groups is 2. The molecule has 0 saturated heterocycles. The molecule has 0 aliphatic carbocycles. The molecular formula is C27H30N2O4. The predicted molar refractivity (Wildman–Crippen MR) is 131 cm³/mol. The largest absolute Gasteiger partial charge is 0.497 e. The van der Waals surface area contributed by atoms with Crippen LogP contribution in [0.4, 0.5) is 10.5 Å². The molecule has 0 aromatic heterocycles. The van der Waals surface area contributed by atoms with Crippen molar-refractivity contribution in [1.82, 2.24) is 4.90 Å². The van der Waals surface area contributed by atoms with Crippen molar-refractivity contribution in [2.24, 2.45) is 0 Å². The SMILES string of the molecule is CCCCN(Cc1ccc(C(=O)OC)cc1)C(=O)Nc1ccc(-c2cccc(OC)c2)cc1. The van der Waals surface area contributed by atoms with E-state index in [0.717, 1.165) is 41.0 Å². The van der Waals surface area contributed by atoms with Crippen molar-refractivity contribution in [2.75, 3.05) is 26.1 Å². The second kappa shape index (κ2) is 11.7. The van der Waals surface area contributed by atoms with Gasteiger partial charge in [-0.2, -0.15) is 0 Å². The van der Waals surface area contributed by atoms with Crippen molar-refractivity contribution in [1.29, 1.82) is 0 Å². The lowest BCUT2D eigenvalue weighted by molar-refractivity contribution is 0.0600. The maximum Gasteiger partial charge on any atom is 0.337 e. The molecule has 6 nitrogen and oxygen atoms in total. The highest BCUT2D eigenvalue weighted by Crippen LogP contribution is 2.25. The summed E-state index contributed by atoms with van der Waals surface area (Å²) in [5.74, 6) is 0.426. The zero-order valence-electron chi connectivity index (χ0n) is 19.3. The van der Waals surface area contributed by atoms with Crippen molar-refractivity contribution >= 4 is 17.7 Å². The van der Waals surface area contributed by atoms with E-state index < -0.39 is 0 Å². The molecule has 0 heterocycles. The van der Waals surface area contributed by atoms with Crippen LogP contribution in [-0.4, -0.2) is 37.7 Å². The zero-order valence-corrected chi connectivity index (χ0v) is 19.3. The predicted octanol–water partition coefficient (Wildman–Crippen LogP) is 5.98. The van der Waals surface area contributed by atoms with Crippen LogP contribution in [0.1, 0.15) is 35.7 Å². The number of urea groups is 1. The number of amides is 2. The average Bonchev–Trinajstić information content (AvgIpc) is 2.86. The molecule has 6 heteroatoms. The molecule has 33 heavy (non-hydrogen) atoms. The zero-order chi connectivity index (χ0) is 23.6. The van der Waals surface area contributed by atoms with Crippen LogP contribution >= 0.6 is 0 Å². The van der Waals surface area contributed by atoms with Gasteiger partial charge in [-0.3, -0.25) is 0 Å². The van der Waals surface area contributed by atoms with Gasteiger partial charge in [0.15, 0.2) is 0 Å². The normalized spacial score (nSPS) is 10.4. The number of hydrogen-bond donors (Lipinski definition) is 1. The fraction of sp³-hybridized carbons (Fsp3) is 0.259. The molecule has 3 rings (SSSR count). The number of ether oxygens (including phenoxy) is 2. The molecule has 3 aromatic carbocycles. The Balaban J connectivity index is 1.68. The summed E-state index contributed by atoms with van der Waals surface area (Å²) in [6.45, 7) is 3.19. The van der Waals surface area contributed by atoms with E-state index in [1.54, 1.807) is 24.1 Å². The molecular weight excluding hydrogens is 416 g/mol. The number of carbonyl (C=O) groups excluding carboxylic acids is 2. The number of esters is 1. The molecule has 2 amide bonds. The van der Waals surface area contributed by atoms with Crippen molar-refractivity contribution in [3.05, 3.63) is 83.9 Å². The summed E-state index contributed by atoms with van der Waals surface area (Å²) in [5.41, 5.74) is 4.26. The maximum atomic E-state index is 13.0. The molecule has 172 valence electrons. The second-order valence-electron chi connectivity index (χ2n) is 7.70. The first kappa shape index (κ1) is 23.9. The number of unbranched alkanes of at least 4 members (excludes halogenated alkanes) is 1. The smallest absolute Gasteiger partial charge is 0.337 e. The Morgan fingerprint density at radius 1 is 0.909 bits per heavy atom. The molecule has 0 saturated carbocycles. The molecule has 0 unspecified atom stereocenters. The number of anilines is 1. The van der Waals surface area contributed by atoms with E-state index in [9.17, 15) is 9.59 Å². The molecule has 0 spiro atoms. The number of methoxy groups -OCH3 is 2. The Hall–Kier alpha value is -3.80. The summed E-state index contributed by atoms with van der Waals surface area (Å²) >= 11 is 0. The third-order valence-electron chi connectivity index (χ3n) is 5.36. The number of nitrogens with zero attached hydrogens (tertiary/aromatic N) is 1. The van der Waals surface area contributed by atoms with Gasteiger partial charge in [-0.25, -0.2) is 9.59 Å². The molecule has 1 N–H and O–H groups in total. The summed E-state index contributed by atoms with van der Waals surface area (Å²) in [6, 6.07) is 22.6. The van der Waals surface area contributed by atoms with Crippen LogP contribution in [0.5, 0.6) is 5.75 Å². The lowest BCUT2D eigenvalue weighted by atomic mass is 10.1. The van der Waals surface area contributed by atoms with E-state index in [1.165, 1.54) is 7.11 Å². The van der Waals surface area contributed by atoms with Gasteiger partial charge in [-0.05, 0) is 59.5 Å². The van der Waals surface area contributed by atoms with Crippen LogP contribution in [0.2, 0.25) is 0 Å². The molecule has 3 aromatic rings. The van der Waals surface area contributed by atoms with Gasteiger partial charge >= 0.3 is 12.0 Å². The van der Waals surface area contributed by atoms with Gasteiger partial charge in [0.1, 0.15) is 5.75 Å². The van der Waals surface area contributed by atoms with Crippen LogP contribution in [0, 0.1) is 0 Å². The lowest BCUT2D eigenvalue weighted by Crippen LogP contribution is -2.35. The Morgan fingerprint density at radius 2 is 1.64 bits per heavy atom. The summed E-state index contributed by atoms with van der Waals surface area (Å²) in [6.07, 6.45) is 1.89. The highest BCUT2D eigenvalue weighted by molar-refractivity contribution is 5.90. The van der Waals surface area contributed by atoms with Crippen LogP contribution < -0.4 is 10.1 Å². The van der Waals surface area contributed by atoms with Gasteiger partial charge in [0, 0.05) is 18.8 Å². The van der Waals surface area contributed by atoms with Crippen molar-refractivity contribution < 1.29 is 19.1 Å². The van der Waals surface area contributed by atoms with Crippen molar-refractivity contribution in [3.63, 3.8) is 0 Å². The monoisotopic (exact) mass is 446 g/mol. The molecule has 0 atom stereocenters. The van der Waals surface area contributed by atoms with E-state index in [0.29, 0.717) is 18.7 Å². The summed E-state index contributed by atoms with van der Waals surface area (Å²) < 4.78 is 10.0. The summed E-state index contributed by atoms with van der Waals surface area (Å²) in [7, 11) is 3.01. The third-order valence-corrected chi connectivity index (χ3v) is 5.36. The molecule has 0 aliphatic heterocycles. The summed E-state index contributed by atoms with van der Waals surface area (Å²) in [5, 5.41) is 3.00. The van der Waals surface area contributed by atoms with E-state index in [4.69, 9.17) is 9.47 Å². The quantitative estimate of drug-likeness (QED) is 0.410. The van der Waals surface area contributed by atoms with Gasteiger partial charge in [0.05, 0.1) is 19.8 Å². The standard InChI is InChI=1S/C27H30N2O4/c1-4-5-17-29(19-20-9-11-22(12-10-20)26(30)33-3)27(31)28-24-15-13-21(14-16-24)23-7-6-8-25(18-23)32-2/h6-16,18H,4-5,17,19H2,1-3H3,(H,28,31). The molecule has 0 bridgehead atoms. The summed E-state index contributed by atoms with van der Waals surface area (Å²) in [4.78, 5) is 26.4. The number of benzene rings is 3. The van der Waals surface area contributed by atoms with Gasteiger partial charge in [-0.15, -0.1) is 0 Å². The topological polar surface area (TPSA) is 67.9 Å². The Bertz CT molecular complexity index is 1060. The van der Waals surface area contributed by atoms with E-state index in [1.807, 2.05) is 60.7 Å². The maximum absolute atomic E-state index is 13.0. The van der Waals surface area contributed by atoms with E-state index in [2.05, 4.69) is 12.2 Å². The highest BCUT2D eigenvalue weighted by atomic mass is 16.5. The lowest BCUT2D eigenvalue weighted by Gasteiger charge is -2.23. The Kier molecular flexibility index (Phi) is 8.47. The van der Waals surface area contributed by atoms with Crippen molar-refractivity contribution in [2.45, 2.75) is 26.3 Å². The Labute approximate surface area is 195 Å². The first-order valence-electron chi connectivity index (χ1n) is 11.0. The average molecular weight is 447 g/mol. The first-order chi connectivity index (χ1) is 16.0. The number of nitrogens with one attached hydrogen (secondary N) is 1. The second-order valence-corrected chi connectivity index (χ2v) is 7.70. The molecule has 0 aliphatic rings. The highest BCUT2D eigenvalue weighted by Gasteiger charge is 2.15. The van der Waals surface area contributed by atoms with E-state index in [-0.39, 0.29) is 12.0 Å². The van der Waals surface area contributed by atoms with Crippen molar-refractivity contribution in [3.8, 4) is 16.9 Å². The van der Waals surface area contributed by atoms with Gasteiger partial charge in [0.2, 0.25) is 0 Å². The van der Waals surface area contributed by atoms with Gasteiger partial charge < -0.3 is 19.7 Å². The first-order valence-corrected chi connectivity index (χ1v) is 11.0. The van der Waals surface area contributed by atoms with Gasteiger partial charge in [-0.1, -0.05) is 49.7 Å². The van der Waals surface area contributed by atoms with Gasteiger partial charge in [0.25, 0.3) is 0 Å². The fourth-order valence-electron chi connectivity index (χ4n) is 3.44. The molecule has 0 radical (unpaired) electrons. The van der Waals surface area contributed by atoms with Crippen LogP contribution in [0.25, 0.3) is 11.1 Å². The fourth-order valence-corrected chi connectivity index (χ4v) is 3.44. The Morgan fingerprint density at radius 3 is 2.27 bits per heavy atom.